The van der Waals surface area contributed by atoms with Gasteiger partial charge in [-0.15, -0.1) is 11.3 Å². The van der Waals surface area contributed by atoms with Gasteiger partial charge in [0.15, 0.2) is 0 Å². The lowest BCUT2D eigenvalue weighted by Crippen LogP contribution is -2.46. The van der Waals surface area contributed by atoms with Crippen LogP contribution in [0.5, 0.6) is 0 Å². The molecule has 0 aliphatic heterocycles. The fraction of sp³-hybridized carbons (Fsp3) is 0.714. The Labute approximate surface area is 108 Å². The molecule has 3 heteroatoms. The van der Waals surface area contributed by atoms with Crippen LogP contribution in [0.3, 0.4) is 0 Å². The van der Waals surface area contributed by atoms with E-state index in [1.807, 2.05) is 11.3 Å². The number of thiophene rings is 1. The molecule has 1 aromatic heterocycles. The van der Waals surface area contributed by atoms with E-state index in [0.29, 0.717) is 18.2 Å². The number of nitrogens with one attached hydrogen (secondary N) is 1. The van der Waals surface area contributed by atoms with Gasteiger partial charge in [0.05, 0.1) is 6.10 Å². The molecular formula is C14H23NOS. The van der Waals surface area contributed by atoms with Crippen LogP contribution in [-0.4, -0.2) is 18.8 Å². The molecule has 1 heterocycles. The third-order valence-corrected chi connectivity index (χ3v) is 4.85. The van der Waals surface area contributed by atoms with Gasteiger partial charge in [-0.05, 0) is 45.2 Å². The van der Waals surface area contributed by atoms with Crippen molar-refractivity contribution in [2.75, 3.05) is 6.61 Å². The third kappa shape index (κ3) is 3.30. The maximum absolute atomic E-state index is 5.58. The Hall–Kier alpha value is -0.380. The molecular weight excluding hydrogens is 230 g/mol. The highest BCUT2D eigenvalue weighted by Gasteiger charge is 2.30. The Bertz CT molecular complexity index is 344. The summed E-state index contributed by atoms with van der Waals surface area (Å²) in [6.45, 7) is 7.39. The van der Waals surface area contributed by atoms with Crippen LogP contribution in [-0.2, 0) is 11.2 Å². The SMILES string of the molecule is CCOC1CC(NC(C)c2ccc(CC)s2)C1. The first-order valence-electron chi connectivity index (χ1n) is 6.69. The molecule has 1 saturated carbocycles. The summed E-state index contributed by atoms with van der Waals surface area (Å²) in [5.41, 5.74) is 0. The van der Waals surface area contributed by atoms with Crippen molar-refractivity contribution < 1.29 is 4.74 Å². The van der Waals surface area contributed by atoms with Gasteiger partial charge < -0.3 is 10.1 Å². The highest BCUT2D eigenvalue weighted by atomic mass is 32.1. The minimum Gasteiger partial charge on any atom is -0.378 e. The minimum absolute atomic E-state index is 0.480. The molecule has 17 heavy (non-hydrogen) atoms. The molecule has 0 spiro atoms. The maximum Gasteiger partial charge on any atom is 0.0604 e. The summed E-state index contributed by atoms with van der Waals surface area (Å²) >= 11 is 1.93. The highest BCUT2D eigenvalue weighted by Crippen LogP contribution is 2.28. The van der Waals surface area contributed by atoms with Crippen LogP contribution in [0.15, 0.2) is 12.1 Å². The zero-order chi connectivity index (χ0) is 12.3. The van der Waals surface area contributed by atoms with Crippen molar-refractivity contribution in [2.24, 2.45) is 0 Å². The Kier molecular flexibility index (Phi) is 4.60. The van der Waals surface area contributed by atoms with Gasteiger partial charge in [0.2, 0.25) is 0 Å². The van der Waals surface area contributed by atoms with Crippen molar-refractivity contribution in [3.05, 3.63) is 21.9 Å². The minimum atomic E-state index is 0.480. The van der Waals surface area contributed by atoms with Crippen molar-refractivity contribution in [3.63, 3.8) is 0 Å². The molecule has 0 saturated heterocycles. The zero-order valence-electron chi connectivity index (χ0n) is 11.0. The molecule has 0 bridgehead atoms. The Balaban J connectivity index is 1.76. The second kappa shape index (κ2) is 5.98. The molecule has 1 aromatic rings. The normalized spacial score (nSPS) is 25.6. The maximum atomic E-state index is 5.58. The summed E-state index contributed by atoms with van der Waals surface area (Å²) in [6, 6.07) is 5.64. The van der Waals surface area contributed by atoms with E-state index in [1.165, 1.54) is 22.6 Å². The standard InChI is InChI=1S/C14H23NOS/c1-4-13-6-7-14(17-13)10(3)15-11-8-12(9-11)16-5-2/h6-7,10-12,15H,4-5,8-9H2,1-3H3. The second-order valence-electron chi connectivity index (χ2n) is 4.79. The average molecular weight is 253 g/mol. The highest BCUT2D eigenvalue weighted by molar-refractivity contribution is 7.12. The van der Waals surface area contributed by atoms with Gasteiger partial charge in [-0.3, -0.25) is 0 Å². The van der Waals surface area contributed by atoms with Gasteiger partial charge in [0, 0.05) is 28.4 Å². The molecule has 1 aliphatic rings. The molecule has 1 aliphatic carbocycles. The van der Waals surface area contributed by atoms with Gasteiger partial charge >= 0.3 is 0 Å². The summed E-state index contributed by atoms with van der Waals surface area (Å²) in [4.78, 5) is 2.94. The molecule has 1 fully saturated rings. The smallest absolute Gasteiger partial charge is 0.0604 e. The number of ether oxygens (including phenoxy) is 1. The van der Waals surface area contributed by atoms with Crippen LogP contribution >= 0.6 is 11.3 Å². The van der Waals surface area contributed by atoms with Crippen molar-refractivity contribution in [2.45, 2.75) is 58.2 Å². The third-order valence-electron chi connectivity index (χ3n) is 3.44. The molecule has 1 unspecified atom stereocenters. The first-order valence-corrected chi connectivity index (χ1v) is 7.50. The Morgan fingerprint density at radius 1 is 1.41 bits per heavy atom. The zero-order valence-corrected chi connectivity index (χ0v) is 11.8. The fourth-order valence-electron chi connectivity index (χ4n) is 2.33. The lowest BCUT2D eigenvalue weighted by Gasteiger charge is -2.37. The lowest BCUT2D eigenvalue weighted by molar-refractivity contribution is -0.0119. The van der Waals surface area contributed by atoms with E-state index in [9.17, 15) is 0 Å². The van der Waals surface area contributed by atoms with Crippen LogP contribution in [0, 0.1) is 0 Å². The van der Waals surface area contributed by atoms with Gasteiger partial charge in [0.1, 0.15) is 0 Å². The van der Waals surface area contributed by atoms with E-state index in [4.69, 9.17) is 4.74 Å². The van der Waals surface area contributed by atoms with Crippen molar-refractivity contribution in [1.29, 1.82) is 0 Å². The van der Waals surface area contributed by atoms with Crippen LogP contribution in [0.4, 0.5) is 0 Å². The first kappa shape index (κ1) is 13.1. The molecule has 2 rings (SSSR count). The van der Waals surface area contributed by atoms with E-state index < -0.39 is 0 Å². The molecule has 1 atom stereocenters. The number of hydrogen-bond acceptors (Lipinski definition) is 3. The van der Waals surface area contributed by atoms with Crippen LogP contribution in [0.2, 0.25) is 0 Å². The second-order valence-corrected chi connectivity index (χ2v) is 5.99. The van der Waals surface area contributed by atoms with E-state index in [2.05, 4.69) is 38.2 Å². The number of aryl methyl sites for hydroxylation is 1. The Morgan fingerprint density at radius 2 is 2.18 bits per heavy atom. The van der Waals surface area contributed by atoms with Gasteiger partial charge in [-0.25, -0.2) is 0 Å². The summed E-state index contributed by atoms with van der Waals surface area (Å²) in [5, 5.41) is 3.69. The van der Waals surface area contributed by atoms with E-state index in [-0.39, 0.29) is 0 Å². The van der Waals surface area contributed by atoms with Gasteiger partial charge in [-0.1, -0.05) is 6.92 Å². The van der Waals surface area contributed by atoms with Crippen molar-refractivity contribution in [3.8, 4) is 0 Å². The first-order chi connectivity index (χ1) is 8.22. The fourth-order valence-corrected chi connectivity index (χ4v) is 3.29. The quantitative estimate of drug-likeness (QED) is 0.837. The average Bonchev–Trinajstić information content (AvgIpc) is 2.74. The molecule has 0 radical (unpaired) electrons. The van der Waals surface area contributed by atoms with Gasteiger partial charge in [-0.2, -0.15) is 0 Å². The predicted octanol–water partition coefficient (Wildman–Crippen LogP) is 3.53. The van der Waals surface area contributed by atoms with Crippen LogP contribution < -0.4 is 5.32 Å². The summed E-state index contributed by atoms with van der Waals surface area (Å²) in [5.74, 6) is 0. The lowest BCUT2D eigenvalue weighted by atomic mass is 9.88. The predicted molar refractivity (Wildman–Crippen MR) is 73.7 cm³/mol. The van der Waals surface area contributed by atoms with Gasteiger partial charge in [0.25, 0.3) is 0 Å². The number of rotatable bonds is 6. The largest absolute Gasteiger partial charge is 0.378 e. The van der Waals surface area contributed by atoms with Crippen molar-refractivity contribution in [1.82, 2.24) is 5.32 Å². The van der Waals surface area contributed by atoms with Crippen LogP contribution in [0.25, 0.3) is 0 Å². The summed E-state index contributed by atoms with van der Waals surface area (Å²) < 4.78 is 5.58. The molecule has 0 aromatic carbocycles. The Morgan fingerprint density at radius 3 is 2.76 bits per heavy atom. The van der Waals surface area contributed by atoms with E-state index in [1.54, 1.807) is 0 Å². The summed E-state index contributed by atoms with van der Waals surface area (Å²) in [6.07, 6.45) is 3.99. The molecule has 0 amide bonds. The van der Waals surface area contributed by atoms with Crippen LogP contribution in [0.1, 0.15) is 49.4 Å². The molecule has 96 valence electrons. The van der Waals surface area contributed by atoms with Crippen molar-refractivity contribution >= 4 is 11.3 Å². The topological polar surface area (TPSA) is 21.3 Å². The van der Waals surface area contributed by atoms with E-state index >= 15 is 0 Å². The molecule has 2 nitrogen and oxygen atoms in total. The number of hydrogen-bond donors (Lipinski definition) is 1. The van der Waals surface area contributed by atoms with E-state index in [0.717, 1.165) is 13.0 Å². The monoisotopic (exact) mass is 253 g/mol. The molecule has 1 N–H and O–H groups in total. The summed E-state index contributed by atoms with van der Waals surface area (Å²) in [7, 11) is 0.